The van der Waals surface area contributed by atoms with Gasteiger partial charge in [0.2, 0.25) is 0 Å². The third-order valence-corrected chi connectivity index (χ3v) is 4.31. The Bertz CT molecular complexity index is 782. The predicted molar refractivity (Wildman–Crippen MR) is 105 cm³/mol. The second-order valence-electron chi connectivity index (χ2n) is 4.72. The van der Waals surface area contributed by atoms with Gasteiger partial charge >= 0.3 is 23.4 Å². The zero-order valence-electron chi connectivity index (χ0n) is 13.5. The Morgan fingerprint density at radius 3 is 2.41 bits per heavy atom. The molecule has 0 spiro atoms. The molecular weight excluding hydrogens is 455 g/mol. The van der Waals surface area contributed by atoms with Crippen LogP contribution in [0, 0.1) is 6.07 Å². The van der Waals surface area contributed by atoms with Gasteiger partial charge in [0.25, 0.3) is 0 Å². The number of phenolic OH excluding ortho intramolecular Hbond substituents is 1. The molecule has 0 aromatic heterocycles. The topological polar surface area (TPSA) is 141 Å². The maximum atomic E-state index is 12.0. The Morgan fingerprint density at radius 2 is 1.81 bits per heavy atom. The fourth-order valence-corrected chi connectivity index (χ4v) is 2.43. The Labute approximate surface area is 182 Å². The Morgan fingerprint density at radius 1 is 1.19 bits per heavy atom. The number of aromatic hydroxyl groups is 1. The van der Waals surface area contributed by atoms with E-state index in [9.17, 15) is 14.7 Å². The average Bonchev–Trinajstić information content (AvgIpc) is 2.54. The first kappa shape index (κ1) is 27.8. The van der Waals surface area contributed by atoms with E-state index in [4.69, 9.17) is 23.2 Å². The Kier molecular flexibility index (Phi) is 13.2. The van der Waals surface area contributed by atoms with Gasteiger partial charge in [-0.3, -0.25) is 6.29 Å². The molecule has 7 N–H and O–H groups in total. The van der Waals surface area contributed by atoms with E-state index in [2.05, 4.69) is 29.3 Å². The summed E-state index contributed by atoms with van der Waals surface area (Å²) in [6.07, 6.45) is 1.81. The summed E-state index contributed by atoms with van der Waals surface area (Å²) < 4.78 is 0. The van der Waals surface area contributed by atoms with Gasteiger partial charge in [-0.25, -0.2) is 4.79 Å². The van der Waals surface area contributed by atoms with Crippen molar-refractivity contribution < 1.29 is 43.0 Å². The fourth-order valence-electron chi connectivity index (χ4n) is 1.86. The van der Waals surface area contributed by atoms with Gasteiger partial charge in [0.15, 0.2) is 0 Å². The maximum Gasteiger partial charge on any atom is 2.00 e. The zero-order chi connectivity index (χ0) is 17.7. The van der Waals surface area contributed by atoms with Crippen molar-refractivity contribution in [3.63, 3.8) is 0 Å². The first-order valence-corrected chi connectivity index (χ1v) is 8.00. The van der Waals surface area contributed by atoms with Crippen LogP contribution in [0.5, 0.6) is 5.75 Å². The normalized spacial score (nSPS) is 10.3. The number of benzene rings is 2. The number of thiol groups is 1. The number of amides is 2. The van der Waals surface area contributed by atoms with E-state index in [1.165, 1.54) is 6.07 Å². The predicted octanol–water partition coefficient (Wildman–Crippen LogP) is 2.96. The summed E-state index contributed by atoms with van der Waals surface area (Å²) in [7, 11) is 0. The summed E-state index contributed by atoms with van der Waals surface area (Å²) in [5.41, 5.74) is 0.992. The van der Waals surface area contributed by atoms with Crippen molar-refractivity contribution in [2.75, 3.05) is 10.6 Å². The van der Waals surface area contributed by atoms with Gasteiger partial charge in [0.1, 0.15) is 0 Å². The molecule has 0 saturated carbocycles. The molecule has 146 valence electrons. The van der Waals surface area contributed by atoms with Gasteiger partial charge in [-0.15, -0.1) is 24.1 Å². The largest absolute Gasteiger partial charge is 2.00 e. The minimum absolute atomic E-state index is 0. The minimum atomic E-state index is -0.612. The van der Waals surface area contributed by atoms with Crippen LogP contribution in [0.15, 0.2) is 30.3 Å². The van der Waals surface area contributed by atoms with E-state index in [0.717, 1.165) is 0 Å². The third kappa shape index (κ3) is 7.60. The molecule has 2 aromatic carbocycles. The molecule has 1 unspecified atom stereocenters. The fraction of sp³-hybridized carbons (Fsp3) is 0.125. The molecular formula is C16H16Cl2CrN2O5S. The molecule has 2 aromatic rings. The first-order valence-electron chi connectivity index (χ1n) is 6.72. The minimum Gasteiger partial charge on any atom is -0.542 e. The second kappa shape index (κ2) is 12.9. The average molecular weight is 471 g/mol. The molecule has 1 atom stereocenters. The number of carbonyl (C=O) groups is 1. The SMILES string of the molecule is O.O.O=[C-]CC(S)c1[c-]c(O)c(NC(=O)Nc2cccc(Cl)c2Cl)cc1.[Cr+2]. The second-order valence-corrected chi connectivity index (χ2v) is 6.13. The third-order valence-electron chi connectivity index (χ3n) is 3.03. The van der Waals surface area contributed by atoms with E-state index >= 15 is 0 Å². The van der Waals surface area contributed by atoms with Gasteiger partial charge in [0, 0.05) is 5.75 Å². The van der Waals surface area contributed by atoms with E-state index < -0.39 is 11.3 Å². The van der Waals surface area contributed by atoms with Crippen LogP contribution in [0.3, 0.4) is 0 Å². The van der Waals surface area contributed by atoms with Crippen molar-refractivity contribution in [1.82, 2.24) is 0 Å². The number of hydrogen-bond donors (Lipinski definition) is 4. The van der Waals surface area contributed by atoms with Crippen molar-refractivity contribution in [3.8, 4) is 5.75 Å². The molecule has 0 heterocycles. The molecule has 0 aliphatic rings. The van der Waals surface area contributed by atoms with Crippen molar-refractivity contribution in [3.05, 3.63) is 52.0 Å². The summed E-state index contributed by atoms with van der Waals surface area (Å²) >= 11 is 16.1. The molecule has 2 rings (SSSR count). The number of halogens is 2. The molecule has 11 heteroatoms. The number of rotatable bonds is 5. The van der Waals surface area contributed by atoms with Crippen LogP contribution in [0.4, 0.5) is 16.2 Å². The van der Waals surface area contributed by atoms with E-state index in [1.807, 2.05) is 0 Å². The summed E-state index contributed by atoms with van der Waals surface area (Å²) in [5.74, 6) is -0.273. The Balaban J connectivity index is 0. The molecule has 7 nitrogen and oxygen atoms in total. The smallest absolute Gasteiger partial charge is 0.542 e. The quantitative estimate of drug-likeness (QED) is 0.303. The molecule has 0 radical (unpaired) electrons. The Hall–Kier alpha value is -1.44. The monoisotopic (exact) mass is 470 g/mol. The molecule has 0 aliphatic carbocycles. The van der Waals surface area contributed by atoms with Crippen LogP contribution >= 0.6 is 35.8 Å². The van der Waals surface area contributed by atoms with Gasteiger partial charge in [-0.2, -0.15) is 18.7 Å². The summed E-state index contributed by atoms with van der Waals surface area (Å²) in [4.78, 5) is 22.4. The number of anilines is 2. The number of urea groups is 1. The van der Waals surface area contributed by atoms with E-state index in [1.54, 1.807) is 30.6 Å². The van der Waals surface area contributed by atoms with Crippen molar-refractivity contribution >= 4 is 59.5 Å². The van der Waals surface area contributed by atoms with Crippen molar-refractivity contribution in [2.45, 2.75) is 11.7 Å². The molecule has 0 aliphatic heterocycles. The number of nitrogens with one attached hydrogen (secondary N) is 2. The molecule has 0 bridgehead atoms. The van der Waals surface area contributed by atoms with Gasteiger partial charge in [0.05, 0.1) is 15.7 Å². The van der Waals surface area contributed by atoms with Crippen LogP contribution in [0.2, 0.25) is 10.0 Å². The van der Waals surface area contributed by atoms with Crippen molar-refractivity contribution in [2.24, 2.45) is 0 Å². The summed E-state index contributed by atoms with van der Waals surface area (Å²) in [5, 5.41) is 15.0. The molecule has 27 heavy (non-hydrogen) atoms. The van der Waals surface area contributed by atoms with Crippen LogP contribution in [-0.2, 0) is 22.2 Å². The van der Waals surface area contributed by atoms with Gasteiger partial charge in [-0.05, 0) is 23.1 Å². The maximum absolute atomic E-state index is 12.0. The number of hydrogen-bond acceptors (Lipinski definition) is 4. The van der Waals surface area contributed by atoms with E-state index in [0.29, 0.717) is 16.3 Å². The van der Waals surface area contributed by atoms with Crippen LogP contribution < -0.4 is 10.6 Å². The summed E-state index contributed by atoms with van der Waals surface area (Å²) in [6.45, 7) is 0. The summed E-state index contributed by atoms with van der Waals surface area (Å²) in [6, 6.07) is 9.95. The van der Waals surface area contributed by atoms with Crippen molar-refractivity contribution in [1.29, 1.82) is 0 Å². The molecule has 0 saturated heterocycles. The van der Waals surface area contributed by atoms with E-state index in [-0.39, 0.29) is 51.2 Å². The standard InChI is InChI=1S/C16H12Cl2N2O3S.Cr.2H2O/c17-10-2-1-3-12(15(10)18)20-16(23)19-11-5-4-9(8-13(11)22)14(24)6-7-21;;;/h1-5,14,22,24H,6H2,(H2,19,20,23);;2*1H2/q-2;+2;;. The molecule has 0 fully saturated rings. The number of carbonyl (C=O) groups excluding carboxylic acids is 2. The zero-order valence-corrected chi connectivity index (χ0v) is 17.2. The molecule has 2 amide bonds. The van der Waals surface area contributed by atoms with Gasteiger partial charge in [-0.1, -0.05) is 29.3 Å². The van der Waals surface area contributed by atoms with Gasteiger partial charge < -0.3 is 31.5 Å². The van der Waals surface area contributed by atoms with Crippen LogP contribution in [-0.4, -0.2) is 28.4 Å². The first-order chi connectivity index (χ1) is 11.4. The number of phenols is 1. The van der Waals surface area contributed by atoms with Crippen LogP contribution in [0.1, 0.15) is 17.2 Å². The van der Waals surface area contributed by atoms with Crippen LogP contribution in [0.25, 0.3) is 0 Å².